The SMILES string of the molecule is CC[C@]1(c2ccccc2F)[C@@H]2CCN(c3ccc4nc(Sc5ccnc(C)c5C)cnc4n3)C[C@@H]21. The van der Waals surface area contributed by atoms with Crippen molar-refractivity contribution in [3.63, 3.8) is 0 Å². The molecule has 4 aromatic rings. The summed E-state index contributed by atoms with van der Waals surface area (Å²) in [6.07, 6.45) is 5.64. The first-order chi connectivity index (χ1) is 17.0. The molecule has 178 valence electrons. The molecule has 0 N–H and O–H groups in total. The standard InChI is InChI=1S/C28H28FN5S/c1-4-28(20-7-5-6-8-22(20)29)19-12-14-34(16-21(19)28)25-10-9-23-27(33-25)31-15-26(32-23)35-24-11-13-30-18(3)17(24)2/h5-11,13,15,19,21H,4,12,14,16H2,1-3H3/t19-,21+,28-/m1/s1. The lowest BCUT2D eigenvalue weighted by atomic mass is 9.88. The quantitative estimate of drug-likeness (QED) is 0.339. The van der Waals surface area contributed by atoms with Crippen LogP contribution in [0.2, 0.25) is 0 Å². The van der Waals surface area contributed by atoms with Crippen LogP contribution < -0.4 is 4.90 Å². The highest BCUT2D eigenvalue weighted by Gasteiger charge is 2.65. The normalized spacial score (nSPS) is 23.4. The Morgan fingerprint density at radius 3 is 2.74 bits per heavy atom. The number of nitrogens with zero attached hydrogens (tertiary/aromatic N) is 5. The van der Waals surface area contributed by atoms with Crippen LogP contribution >= 0.6 is 11.8 Å². The lowest BCUT2D eigenvalue weighted by Gasteiger charge is -2.27. The van der Waals surface area contributed by atoms with E-state index in [-0.39, 0.29) is 11.2 Å². The third kappa shape index (κ3) is 3.68. The molecule has 6 rings (SSSR count). The number of fused-ring (bicyclic) bond motifs is 2. The van der Waals surface area contributed by atoms with Crippen LogP contribution in [0.25, 0.3) is 11.2 Å². The molecule has 3 aromatic heterocycles. The number of hydrogen-bond acceptors (Lipinski definition) is 6. The molecule has 5 nitrogen and oxygen atoms in total. The molecule has 0 radical (unpaired) electrons. The van der Waals surface area contributed by atoms with Gasteiger partial charge in [0, 0.05) is 35.3 Å². The number of benzene rings is 1. The van der Waals surface area contributed by atoms with Crippen LogP contribution in [0, 0.1) is 31.5 Å². The Hall–Kier alpha value is -3.06. The van der Waals surface area contributed by atoms with Crippen molar-refractivity contribution in [1.82, 2.24) is 19.9 Å². The van der Waals surface area contributed by atoms with Crippen molar-refractivity contribution in [2.75, 3.05) is 18.0 Å². The summed E-state index contributed by atoms with van der Waals surface area (Å²) < 4.78 is 14.7. The molecule has 0 bridgehead atoms. The smallest absolute Gasteiger partial charge is 0.180 e. The summed E-state index contributed by atoms with van der Waals surface area (Å²) in [4.78, 5) is 22.1. The van der Waals surface area contributed by atoms with Gasteiger partial charge in [-0.3, -0.25) is 4.98 Å². The number of aryl methyl sites for hydroxylation is 1. The largest absolute Gasteiger partial charge is 0.356 e. The first kappa shape index (κ1) is 22.4. The zero-order valence-electron chi connectivity index (χ0n) is 20.2. The van der Waals surface area contributed by atoms with Crippen molar-refractivity contribution < 1.29 is 4.39 Å². The van der Waals surface area contributed by atoms with Crippen molar-refractivity contribution in [2.45, 2.75) is 48.9 Å². The Morgan fingerprint density at radius 2 is 1.91 bits per heavy atom. The van der Waals surface area contributed by atoms with Gasteiger partial charge in [0.1, 0.15) is 22.2 Å². The zero-order valence-corrected chi connectivity index (χ0v) is 21.0. The predicted octanol–water partition coefficient (Wildman–Crippen LogP) is 6.13. The molecule has 1 aliphatic heterocycles. The lowest BCUT2D eigenvalue weighted by molar-refractivity contribution is 0.516. The van der Waals surface area contributed by atoms with Gasteiger partial charge in [0.25, 0.3) is 0 Å². The average molecular weight is 486 g/mol. The lowest BCUT2D eigenvalue weighted by Crippen LogP contribution is -2.32. The van der Waals surface area contributed by atoms with Gasteiger partial charge in [0.2, 0.25) is 0 Å². The summed E-state index contributed by atoms with van der Waals surface area (Å²) in [6, 6.07) is 13.4. The maximum Gasteiger partial charge on any atom is 0.180 e. The van der Waals surface area contributed by atoms with E-state index in [1.807, 2.05) is 43.5 Å². The predicted molar refractivity (Wildman–Crippen MR) is 137 cm³/mol. The number of halogens is 1. The number of piperidine rings is 1. The van der Waals surface area contributed by atoms with E-state index in [0.29, 0.717) is 17.5 Å². The van der Waals surface area contributed by atoms with Crippen molar-refractivity contribution in [2.24, 2.45) is 11.8 Å². The van der Waals surface area contributed by atoms with Crippen LogP contribution in [-0.2, 0) is 5.41 Å². The second kappa shape index (κ2) is 8.55. The van der Waals surface area contributed by atoms with E-state index in [1.54, 1.807) is 30.1 Å². The molecule has 0 unspecified atom stereocenters. The summed E-state index contributed by atoms with van der Waals surface area (Å²) >= 11 is 1.60. The molecule has 4 heterocycles. The van der Waals surface area contributed by atoms with Crippen molar-refractivity contribution in [3.8, 4) is 0 Å². The van der Waals surface area contributed by atoms with Gasteiger partial charge >= 0.3 is 0 Å². The van der Waals surface area contributed by atoms with Gasteiger partial charge in [-0.25, -0.2) is 19.3 Å². The molecule has 1 aliphatic carbocycles. The maximum absolute atomic E-state index is 14.7. The first-order valence-electron chi connectivity index (χ1n) is 12.2. The van der Waals surface area contributed by atoms with E-state index >= 15 is 0 Å². The maximum atomic E-state index is 14.7. The van der Waals surface area contributed by atoms with Crippen LogP contribution in [-0.4, -0.2) is 33.0 Å². The van der Waals surface area contributed by atoms with Gasteiger partial charge in [-0.15, -0.1) is 0 Å². The molecule has 3 atom stereocenters. The number of anilines is 1. The Balaban J connectivity index is 1.23. The molecule has 2 fully saturated rings. The van der Waals surface area contributed by atoms with Crippen LogP contribution in [0.15, 0.2) is 64.8 Å². The van der Waals surface area contributed by atoms with E-state index in [2.05, 4.69) is 28.7 Å². The van der Waals surface area contributed by atoms with Gasteiger partial charge in [-0.05, 0) is 73.9 Å². The van der Waals surface area contributed by atoms with Gasteiger partial charge in [-0.1, -0.05) is 36.9 Å². The van der Waals surface area contributed by atoms with Crippen molar-refractivity contribution >= 4 is 28.7 Å². The van der Waals surface area contributed by atoms with E-state index < -0.39 is 0 Å². The minimum Gasteiger partial charge on any atom is -0.356 e. The monoisotopic (exact) mass is 485 g/mol. The minimum atomic E-state index is -0.0693. The highest BCUT2D eigenvalue weighted by molar-refractivity contribution is 7.99. The Labute approximate surface area is 209 Å². The van der Waals surface area contributed by atoms with E-state index in [1.165, 1.54) is 0 Å². The second-order valence-electron chi connectivity index (χ2n) is 9.66. The van der Waals surface area contributed by atoms with E-state index in [4.69, 9.17) is 9.97 Å². The topological polar surface area (TPSA) is 54.8 Å². The van der Waals surface area contributed by atoms with Crippen LogP contribution in [0.1, 0.15) is 36.6 Å². The van der Waals surface area contributed by atoms with Crippen molar-refractivity contribution in [1.29, 1.82) is 0 Å². The highest BCUT2D eigenvalue weighted by atomic mass is 32.2. The second-order valence-corrected chi connectivity index (χ2v) is 10.7. The molecule has 1 aromatic carbocycles. The molecule has 7 heteroatoms. The Kier molecular flexibility index (Phi) is 5.48. The number of aromatic nitrogens is 4. The molecular formula is C28H28FN5S. The van der Waals surface area contributed by atoms with Crippen LogP contribution in [0.3, 0.4) is 0 Å². The van der Waals surface area contributed by atoms with Crippen LogP contribution in [0.5, 0.6) is 0 Å². The fourth-order valence-electron chi connectivity index (χ4n) is 6.08. The van der Waals surface area contributed by atoms with Gasteiger partial charge in [0.15, 0.2) is 5.65 Å². The fraction of sp³-hybridized carbons (Fsp3) is 0.357. The molecule has 1 saturated heterocycles. The molecule has 2 aliphatic rings. The summed E-state index contributed by atoms with van der Waals surface area (Å²) in [6.45, 7) is 8.12. The number of hydrogen-bond donors (Lipinski definition) is 0. The molecule has 1 saturated carbocycles. The molecule has 0 amide bonds. The summed E-state index contributed by atoms with van der Waals surface area (Å²) in [5.74, 6) is 1.85. The van der Waals surface area contributed by atoms with E-state index in [0.717, 1.165) is 64.0 Å². The summed E-state index contributed by atoms with van der Waals surface area (Å²) in [5.41, 5.74) is 4.47. The van der Waals surface area contributed by atoms with Crippen molar-refractivity contribution in [3.05, 3.63) is 77.5 Å². The van der Waals surface area contributed by atoms with Gasteiger partial charge in [-0.2, -0.15) is 0 Å². The third-order valence-electron chi connectivity index (χ3n) is 8.10. The summed E-state index contributed by atoms with van der Waals surface area (Å²) in [7, 11) is 0. The Bertz CT molecular complexity index is 1430. The molecular weight excluding hydrogens is 457 g/mol. The molecule has 0 spiro atoms. The average Bonchev–Trinajstić information content (AvgIpc) is 3.54. The number of rotatable bonds is 5. The van der Waals surface area contributed by atoms with Gasteiger partial charge in [0.05, 0.1) is 6.20 Å². The third-order valence-corrected chi connectivity index (χ3v) is 9.17. The highest BCUT2D eigenvalue weighted by Crippen LogP contribution is 2.65. The van der Waals surface area contributed by atoms with Crippen LogP contribution in [0.4, 0.5) is 10.2 Å². The first-order valence-corrected chi connectivity index (χ1v) is 13.1. The van der Waals surface area contributed by atoms with E-state index in [9.17, 15) is 4.39 Å². The zero-order chi connectivity index (χ0) is 24.2. The molecule has 35 heavy (non-hydrogen) atoms. The number of pyridine rings is 2. The fourth-order valence-corrected chi connectivity index (χ4v) is 6.99. The minimum absolute atomic E-state index is 0.0493. The Morgan fingerprint density at radius 1 is 1.06 bits per heavy atom. The van der Waals surface area contributed by atoms with Gasteiger partial charge < -0.3 is 4.90 Å². The summed E-state index contributed by atoms with van der Waals surface area (Å²) in [5, 5.41) is 0.845.